The number of halogens is 3. The van der Waals surface area contributed by atoms with Crippen LogP contribution >= 0.6 is 22.9 Å². The van der Waals surface area contributed by atoms with Gasteiger partial charge in [0.1, 0.15) is 11.6 Å². The number of hydrogen-bond acceptors (Lipinski definition) is 3. The second-order valence-corrected chi connectivity index (χ2v) is 9.25. The summed E-state index contributed by atoms with van der Waals surface area (Å²) in [7, 11) is 0. The molecule has 5 rings (SSSR count). The van der Waals surface area contributed by atoms with E-state index in [2.05, 4.69) is 5.32 Å². The van der Waals surface area contributed by atoms with Crippen LogP contribution in [0, 0.1) is 11.6 Å². The molecule has 0 fully saturated rings. The molecular formula is C26H17ClF2N2O2S. The lowest BCUT2D eigenvalue weighted by atomic mass is 10.1. The van der Waals surface area contributed by atoms with Crippen molar-refractivity contribution >= 4 is 46.1 Å². The lowest BCUT2D eigenvalue weighted by Gasteiger charge is -2.23. The molecule has 0 aliphatic carbocycles. The van der Waals surface area contributed by atoms with Crippen LogP contribution in [0.5, 0.6) is 0 Å². The van der Waals surface area contributed by atoms with Gasteiger partial charge in [0.2, 0.25) is 0 Å². The van der Waals surface area contributed by atoms with Crippen molar-refractivity contribution in [3.05, 3.63) is 116 Å². The Morgan fingerprint density at radius 3 is 2.53 bits per heavy atom. The molecule has 1 aromatic heterocycles. The molecule has 0 bridgehead atoms. The van der Waals surface area contributed by atoms with Gasteiger partial charge in [0.15, 0.2) is 0 Å². The maximum Gasteiger partial charge on any atom is 0.261 e. The predicted octanol–water partition coefficient (Wildman–Crippen LogP) is 6.68. The molecule has 4 nitrogen and oxygen atoms in total. The number of anilines is 2. The Balaban J connectivity index is 1.42. The number of carbonyl (C=O) groups excluding carboxylic acids is 2. The molecule has 0 atom stereocenters. The van der Waals surface area contributed by atoms with Crippen molar-refractivity contribution in [3.63, 3.8) is 0 Å². The van der Waals surface area contributed by atoms with Crippen LogP contribution in [0.15, 0.2) is 72.1 Å². The largest absolute Gasteiger partial charge is 0.322 e. The Morgan fingerprint density at radius 1 is 0.941 bits per heavy atom. The van der Waals surface area contributed by atoms with Crippen LogP contribution in [0.1, 0.15) is 36.7 Å². The average molecular weight is 495 g/mol. The van der Waals surface area contributed by atoms with E-state index < -0.39 is 23.4 Å². The van der Waals surface area contributed by atoms with E-state index in [1.807, 2.05) is 35.7 Å². The highest BCUT2D eigenvalue weighted by molar-refractivity contribution is 7.10. The van der Waals surface area contributed by atoms with E-state index >= 15 is 4.39 Å². The maximum absolute atomic E-state index is 15.1. The highest BCUT2D eigenvalue weighted by atomic mass is 35.5. The van der Waals surface area contributed by atoms with Gasteiger partial charge in [-0.1, -0.05) is 29.8 Å². The molecule has 3 aromatic carbocycles. The summed E-state index contributed by atoms with van der Waals surface area (Å²) in [5.74, 6) is -2.42. The highest BCUT2D eigenvalue weighted by Gasteiger charge is 2.27. The number of amides is 2. The van der Waals surface area contributed by atoms with Gasteiger partial charge in [0.25, 0.3) is 11.8 Å². The van der Waals surface area contributed by atoms with Gasteiger partial charge in [0, 0.05) is 22.7 Å². The number of carbonyl (C=O) groups is 2. The number of fused-ring (bicyclic) bond motifs is 2. The van der Waals surface area contributed by atoms with E-state index in [4.69, 9.17) is 11.6 Å². The van der Waals surface area contributed by atoms with Gasteiger partial charge >= 0.3 is 0 Å². The summed E-state index contributed by atoms with van der Waals surface area (Å²) in [5, 5.41) is 4.47. The quantitative estimate of drug-likeness (QED) is 0.345. The Bertz CT molecular complexity index is 1440. The lowest BCUT2D eigenvalue weighted by Crippen LogP contribution is -2.31. The van der Waals surface area contributed by atoms with Gasteiger partial charge in [0.05, 0.1) is 22.7 Å². The average Bonchev–Trinajstić information content (AvgIpc) is 3.17. The standard InChI is InChI=1S/C26H17ClF2N2O2S/c27-21-12-17(28)5-7-19(21)25(32)30-18-6-8-20(22(29)13-18)26(33)31-14-16-9-10-34-24(16)11-15-3-1-2-4-23(15)31/h1-10,12-13H,11,14H2,(H,30,32). The predicted molar refractivity (Wildman–Crippen MR) is 130 cm³/mol. The molecule has 0 unspecified atom stereocenters. The van der Waals surface area contributed by atoms with Gasteiger partial charge in [-0.3, -0.25) is 9.59 Å². The van der Waals surface area contributed by atoms with Gasteiger partial charge in [-0.25, -0.2) is 8.78 Å². The van der Waals surface area contributed by atoms with Crippen molar-refractivity contribution in [2.45, 2.75) is 13.0 Å². The smallest absolute Gasteiger partial charge is 0.261 e. The molecule has 0 radical (unpaired) electrons. The second-order valence-electron chi connectivity index (χ2n) is 7.84. The van der Waals surface area contributed by atoms with Crippen molar-refractivity contribution in [1.82, 2.24) is 0 Å². The van der Waals surface area contributed by atoms with Crippen LogP contribution in [-0.2, 0) is 13.0 Å². The van der Waals surface area contributed by atoms with Crippen molar-refractivity contribution in [3.8, 4) is 0 Å². The van der Waals surface area contributed by atoms with Crippen molar-refractivity contribution < 1.29 is 18.4 Å². The van der Waals surface area contributed by atoms with Gasteiger partial charge < -0.3 is 10.2 Å². The number of benzene rings is 3. The normalized spacial score (nSPS) is 12.5. The Kier molecular flexibility index (Phi) is 5.89. The fourth-order valence-corrected chi connectivity index (χ4v) is 5.15. The third-order valence-electron chi connectivity index (χ3n) is 5.68. The van der Waals surface area contributed by atoms with E-state index in [0.717, 1.165) is 35.0 Å². The molecule has 170 valence electrons. The maximum atomic E-state index is 15.1. The second kappa shape index (κ2) is 9.00. The third-order valence-corrected chi connectivity index (χ3v) is 6.95. The van der Waals surface area contributed by atoms with Gasteiger partial charge in [-0.15, -0.1) is 11.3 Å². The summed E-state index contributed by atoms with van der Waals surface area (Å²) < 4.78 is 28.3. The zero-order chi connectivity index (χ0) is 23.8. The zero-order valence-electron chi connectivity index (χ0n) is 17.6. The van der Waals surface area contributed by atoms with Gasteiger partial charge in [-0.2, -0.15) is 0 Å². The molecule has 2 heterocycles. The molecule has 1 aliphatic rings. The SMILES string of the molecule is O=C(Nc1ccc(C(=O)N2Cc3ccsc3Cc3ccccc32)c(F)c1)c1ccc(F)cc1Cl. The summed E-state index contributed by atoms with van der Waals surface area (Å²) in [6.07, 6.45) is 0.715. The molecule has 2 amide bonds. The summed E-state index contributed by atoms with van der Waals surface area (Å²) in [5.41, 5.74) is 2.88. The van der Waals surface area contributed by atoms with Crippen LogP contribution < -0.4 is 10.2 Å². The molecule has 0 saturated heterocycles. The van der Waals surface area contributed by atoms with E-state index in [1.54, 1.807) is 16.2 Å². The summed E-state index contributed by atoms with van der Waals surface area (Å²) in [6.45, 7) is 0.343. The van der Waals surface area contributed by atoms with Gasteiger partial charge in [-0.05, 0) is 65.0 Å². The van der Waals surface area contributed by atoms with Crippen LogP contribution in [-0.4, -0.2) is 11.8 Å². The zero-order valence-corrected chi connectivity index (χ0v) is 19.2. The highest BCUT2D eigenvalue weighted by Crippen LogP contribution is 2.34. The molecular weight excluding hydrogens is 478 g/mol. The minimum absolute atomic E-state index is 0.0522. The Hall–Kier alpha value is -3.55. The molecule has 4 aromatic rings. The molecule has 8 heteroatoms. The molecule has 1 aliphatic heterocycles. The lowest BCUT2D eigenvalue weighted by molar-refractivity contribution is 0.0980. The van der Waals surface area contributed by atoms with E-state index in [0.29, 0.717) is 13.0 Å². The third kappa shape index (κ3) is 4.20. The van der Waals surface area contributed by atoms with E-state index in [-0.39, 0.29) is 21.8 Å². The van der Waals surface area contributed by atoms with Crippen LogP contribution in [0.3, 0.4) is 0 Å². The first kappa shape index (κ1) is 22.3. The summed E-state index contributed by atoms with van der Waals surface area (Å²) in [6, 6.07) is 16.9. The number of rotatable bonds is 3. The first-order chi connectivity index (χ1) is 16.4. The fourth-order valence-electron chi connectivity index (χ4n) is 3.98. The van der Waals surface area contributed by atoms with E-state index in [1.165, 1.54) is 23.1 Å². The fraction of sp³-hybridized carbons (Fsp3) is 0.0769. The van der Waals surface area contributed by atoms with Crippen molar-refractivity contribution in [2.24, 2.45) is 0 Å². The van der Waals surface area contributed by atoms with E-state index in [9.17, 15) is 14.0 Å². The number of thiophene rings is 1. The summed E-state index contributed by atoms with van der Waals surface area (Å²) in [4.78, 5) is 28.7. The monoisotopic (exact) mass is 494 g/mol. The van der Waals surface area contributed by atoms with Crippen LogP contribution in [0.25, 0.3) is 0 Å². The molecule has 0 spiro atoms. The first-order valence-corrected chi connectivity index (χ1v) is 11.7. The number of hydrogen-bond donors (Lipinski definition) is 1. The molecule has 0 saturated carbocycles. The Labute approximate surface area is 203 Å². The number of nitrogens with zero attached hydrogens (tertiary/aromatic N) is 1. The number of para-hydroxylation sites is 1. The Morgan fingerprint density at radius 2 is 1.74 bits per heavy atom. The molecule has 34 heavy (non-hydrogen) atoms. The minimum Gasteiger partial charge on any atom is -0.322 e. The number of nitrogens with one attached hydrogen (secondary N) is 1. The van der Waals surface area contributed by atoms with Crippen LogP contribution in [0.4, 0.5) is 20.2 Å². The first-order valence-electron chi connectivity index (χ1n) is 10.4. The summed E-state index contributed by atoms with van der Waals surface area (Å²) >= 11 is 7.57. The topological polar surface area (TPSA) is 49.4 Å². The van der Waals surface area contributed by atoms with Crippen LogP contribution in [0.2, 0.25) is 5.02 Å². The molecule has 1 N–H and O–H groups in total. The van der Waals surface area contributed by atoms with Crippen molar-refractivity contribution in [2.75, 3.05) is 10.2 Å². The minimum atomic E-state index is -0.764. The van der Waals surface area contributed by atoms with Crippen molar-refractivity contribution in [1.29, 1.82) is 0 Å².